The number of hydrogen-bond donors (Lipinski definition) is 4. The fraction of sp³-hybridized carbons (Fsp3) is 0.625. The molecule has 266 valence electrons. The van der Waals surface area contributed by atoms with Crippen LogP contribution in [0.2, 0.25) is 0 Å². The molecule has 0 saturated heterocycles. The molecule has 0 spiro atoms. The predicted octanol–water partition coefficient (Wildman–Crippen LogP) is 7.13. The Balaban J connectivity index is -0.00000168. The average molecular weight is 755 g/mol. The van der Waals surface area contributed by atoms with Crippen molar-refractivity contribution in [3.8, 4) is 11.5 Å². The van der Waals surface area contributed by atoms with Gasteiger partial charge in [-0.2, -0.15) is 0 Å². The molecule has 0 heterocycles. The standard InChI is InChI=1S/C32H54N4O2S2.4ClH.H2O/c1-37-31-17-9-7-15-29(31)27-35-21-13-5-3-11-19-33-23-25-39-40-26-24-34-20-12-4-6-14-22-36-28-30-16-8-10-18-32(30)38-2;;;;;/h7-10,15-18,33-36H,3-6,11-14,19-28H2,1-2H3;4*1H;1H2. The van der Waals surface area contributed by atoms with E-state index in [1.54, 1.807) is 14.2 Å². The first-order chi connectivity index (χ1) is 19.8. The molecule has 2 rings (SSSR count). The van der Waals surface area contributed by atoms with Gasteiger partial charge >= 0.3 is 0 Å². The van der Waals surface area contributed by atoms with Crippen LogP contribution in [0, 0.1) is 0 Å². The summed E-state index contributed by atoms with van der Waals surface area (Å²) in [7, 11) is 7.46. The highest BCUT2D eigenvalue weighted by molar-refractivity contribution is 8.76. The number of ether oxygens (including phenoxy) is 2. The van der Waals surface area contributed by atoms with Crippen molar-refractivity contribution in [1.29, 1.82) is 0 Å². The van der Waals surface area contributed by atoms with Gasteiger partial charge in [0.25, 0.3) is 0 Å². The number of methoxy groups -OCH3 is 2. The summed E-state index contributed by atoms with van der Waals surface area (Å²) in [6, 6.07) is 16.5. The molecule has 0 aliphatic rings. The van der Waals surface area contributed by atoms with E-state index in [1.807, 2.05) is 45.9 Å². The lowest BCUT2D eigenvalue weighted by atomic mass is 10.1. The summed E-state index contributed by atoms with van der Waals surface area (Å²) in [5.41, 5.74) is 2.46. The quantitative estimate of drug-likeness (QED) is 0.0566. The summed E-state index contributed by atoms with van der Waals surface area (Å²) in [4.78, 5) is 0. The number of nitrogens with one attached hydrogen (secondary N) is 4. The van der Waals surface area contributed by atoms with Crippen LogP contribution in [0.4, 0.5) is 0 Å². The normalized spacial score (nSPS) is 9.91. The minimum atomic E-state index is 0. The van der Waals surface area contributed by atoms with E-state index in [0.29, 0.717) is 0 Å². The molecule has 2 aromatic carbocycles. The van der Waals surface area contributed by atoms with Gasteiger partial charge in [0.1, 0.15) is 11.5 Å². The van der Waals surface area contributed by atoms with E-state index >= 15 is 0 Å². The molecule has 0 radical (unpaired) electrons. The zero-order valence-corrected chi connectivity index (χ0v) is 32.0. The molecule has 0 fully saturated rings. The second-order valence-corrected chi connectivity index (χ2v) is 12.7. The molecule has 0 bridgehead atoms. The monoisotopic (exact) mass is 752 g/mol. The van der Waals surface area contributed by atoms with Crippen LogP contribution in [0.15, 0.2) is 48.5 Å². The number of para-hydroxylation sites is 2. The SMILES string of the molecule is COc1ccccc1CNCCCCCCNCCSSCCNCCCCCCNCc1ccccc1OC.Cl.Cl.Cl.Cl.O. The fourth-order valence-corrected chi connectivity index (χ4v) is 6.34. The van der Waals surface area contributed by atoms with Gasteiger partial charge in [0.05, 0.1) is 14.2 Å². The van der Waals surface area contributed by atoms with Crippen molar-refractivity contribution in [2.24, 2.45) is 0 Å². The molecule has 13 heteroatoms. The molecule has 6 N–H and O–H groups in total. The highest BCUT2D eigenvalue weighted by atomic mass is 35.5. The number of halogens is 4. The van der Waals surface area contributed by atoms with Crippen LogP contribution in [-0.4, -0.2) is 70.5 Å². The Labute approximate surface area is 306 Å². The van der Waals surface area contributed by atoms with Crippen molar-refractivity contribution < 1.29 is 14.9 Å². The van der Waals surface area contributed by atoms with Gasteiger partial charge in [-0.1, -0.05) is 83.7 Å². The van der Waals surface area contributed by atoms with Gasteiger partial charge in [-0.05, 0) is 64.0 Å². The maximum Gasteiger partial charge on any atom is 0.123 e. The van der Waals surface area contributed by atoms with Gasteiger partial charge in [0, 0.05) is 48.8 Å². The third kappa shape index (κ3) is 27.4. The highest BCUT2D eigenvalue weighted by Gasteiger charge is 2.01. The molecule has 0 amide bonds. The van der Waals surface area contributed by atoms with Gasteiger partial charge in [0.2, 0.25) is 0 Å². The maximum absolute atomic E-state index is 5.40. The summed E-state index contributed by atoms with van der Waals surface area (Å²) in [5.74, 6) is 4.31. The first-order valence-corrected chi connectivity index (χ1v) is 17.6. The van der Waals surface area contributed by atoms with Crippen molar-refractivity contribution in [1.82, 2.24) is 21.3 Å². The molecule has 2 aromatic rings. The lowest BCUT2D eigenvalue weighted by molar-refractivity contribution is 0.407. The van der Waals surface area contributed by atoms with Crippen molar-refractivity contribution in [2.75, 3.05) is 65.0 Å². The lowest BCUT2D eigenvalue weighted by Gasteiger charge is -2.09. The Morgan fingerprint density at radius 1 is 0.467 bits per heavy atom. The summed E-state index contributed by atoms with van der Waals surface area (Å²) in [6.45, 7) is 8.39. The molecule has 0 saturated carbocycles. The van der Waals surface area contributed by atoms with E-state index in [4.69, 9.17) is 9.47 Å². The van der Waals surface area contributed by atoms with Crippen molar-refractivity contribution in [2.45, 2.75) is 64.5 Å². The van der Waals surface area contributed by atoms with E-state index < -0.39 is 0 Å². The first kappa shape index (κ1) is 51.5. The zero-order chi connectivity index (χ0) is 28.4. The van der Waals surface area contributed by atoms with Crippen LogP contribution < -0.4 is 30.7 Å². The van der Waals surface area contributed by atoms with E-state index in [-0.39, 0.29) is 55.1 Å². The number of rotatable bonds is 27. The second kappa shape index (κ2) is 38.2. The van der Waals surface area contributed by atoms with Gasteiger partial charge in [-0.25, -0.2) is 0 Å². The maximum atomic E-state index is 5.40. The van der Waals surface area contributed by atoms with Gasteiger partial charge in [-0.3, -0.25) is 0 Å². The largest absolute Gasteiger partial charge is 0.496 e. The van der Waals surface area contributed by atoms with Crippen LogP contribution >= 0.6 is 71.2 Å². The minimum absolute atomic E-state index is 0. The average Bonchev–Trinajstić information content (AvgIpc) is 2.99. The van der Waals surface area contributed by atoms with Crippen LogP contribution in [0.25, 0.3) is 0 Å². The smallest absolute Gasteiger partial charge is 0.123 e. The Bertz CT molecular complexity index is 813. The third-order valence-electron chi connectivity index (χ3n) is 6.74. The molecule has 0 atom stereocenters. The fourth-order valence-electron chi connectivity index (χ4n) is 4.45. The molecule has 0 aliphatic carbocycles. The van der Waals surface area contributed by atoms with E-state index in [1.165, 1.54) is 74.0 Å². The summed E-state index contributed by atoms with van der Waals surface area (Å²) < 4.78 is 10.8. The lowest BCUT2D eigenvalue weighted by Crippen LogP contribution is -2.19. The zero-order valence-electron chi connectivity index (χ0n) is 27.1. The summed E-state index contributed by atoms with van der Waals surface area (Å²) in [5, 5.41) is 14.2. The van der Waals surface area contributed by atoms with E-state index in [9.17, 15) is 0 Å². The number of benzene rings is 2. The Hall–Kier alpha value is -0.300. The van der Waals surface area contributed by atoms with Crippen LogP contribution in [0.3, 0.4) is 0 Å². The molecule has 0 unspecified atom stereocenters. The topological polar surface area (TPSA) is 98.1 Å². The minimum Gasteiger partial charge on any atom is -0.496 e. The predicted molar refractivity (Wildman–Crippen MR) is 210 cm³/mol. The molecule has 7 nitrogen and oxygen atoms in total. The van der Waals surface area contributed by atoms with Crippen molar-refractivity contribution in [3.05, 3.63) is 59.7 Å². The van der Waals surface area contributed by atoms with Gasteiger partial charge in [-0.15, -0.1) is 49.6 Å². The van der Waals surface area contributed by atoms with E-state index in [0.717, 1.165) is 63.9 Å². The van der Waals surface area contributed by atoms with Crippen molar-refractivity contribution in [3.63, 3.8) is 0 Å². The Morgan fingerprint density at radius 2 is 0.800 bits per heavy atom. The van der Waals surface area contributed by atoms with E-state index in [2.05, 4.69) is 45.5 Å². The number of unbranched alkanes of at least 4 members (excludes halogenated alkanes) is 6. The molecule has 0 aromatic heterocycles. The van der Waals surface area contributed by atoms with Crippen LogP contribution in [-0.2, 0) is 13.1 Å². The molecular weight excluding hydrogens is 694 g/mol. The summed E-state index contributed by atoms with van der Waals surface area (Å²) >= 11 is 0. The Kier molecular flexibility index (Phi) is 43.7. The molecular formula is C32H60Cl4N4O3S2. The second-order valence-electron chi connectivity index (χ2n) is 9.95. The molecule has 0 aliphatic heterocycles. The Morgan fingerprint density at radius 3 is 1.16 bits per heavy atom. The summed E-state index contributed by atoms with van der Waals surface area (Å²) in [6.07, 6.45) is 10.2. The van der Waals surface area contributed by atoms with Crippen LogP contribution in [0.5, 0.6) is 11.5 Å². The van der Waals surface area contributed by atoms with Gasteiger partial charge in [0.15, 0.2) is 0 Å². The number of hydrogen-bond acceptors (Lipinski definition) is 8. The highest BCUT2D eigenvalue weighted by Crippen LogP contribution is 2.19. The van der Waals surface area contributed by atoms with Gasteiger partial charge < -0.3 is 36.2 Å². The first-order valence-electron chi connectivity index (χ1n) is 15.2. The molecule has 45 heavy (non-hydrogen) atoms. The van der Waals surface area contributed by atoms with Crippen molar-refractivity contribution >= 4 is 71.2 Å². The third-order valence-corrected chi connectivity index (χ3v) is 9.15. The van der Waals surface area contributed by atoms with Crippen LogP contribution in [0.1, 0.15) is 62.5 Å².